The summed E-state index contributed by atoms with van der Waals surface area (Å²) in [6, 6.07) is 16.8. The summed E-state index contributed by atoms with van der Waals surface area (Å²) < 4.78 is 0. The molecule has 2 aromatic heterocycles. The van der Waals surface area contributed by atoms with Gasteiger partial charge in [-0.05, 0) is 62.7 Å². The van der Waals surface area contributed by atoms with Crippen LogP contribution in [0.2, 0.25) is 5.02 Å². The van der Waals surface area contributed by atoms with Gasteiger partial charge in [0.05, 0.1) is 21.3 Å². The monoisotopic (exact) mass is 476 g/mol. The molecule has 32 heavy (non-hydrogen) atoms. The minimum absolute atomic E-state index is 0.294. The molecule has 0 aliphatic carbocycles. The van der Waals surface area contributed by atoms with Crippen LogP contribution in [0.15, 0.2) is 64.6 Å². The molecule has 0 unspecified atom stereocenters. The number of rotatable bonds is 4. The Kier molecular flexibility index (Phi) is 6.33. The number of aryl methyl sites for hydroxylation is 1. The summed E-state index contributed by atoms with van der Waals surface area (Å²) >= 11 is 9.85. The fraction of sp³-hybridized carbons (Fsp3) is 0.200. The molecule has 0 amide bonds. The molecular formula is C25H21ClN4S2. The second kappa shape index (κ2) is 9.51. The predicted octanol–water partition coefficient (Wildman–Crippen LogP) is 6.65. The lowest BCUT2D eigenvalue weighted by Gasteiger charge is -2.10. The van der Waals surface area contributed by atoms with Crippen molar-refractivity contribution in [3.05, 3.63) is 70.3 Å². The van der Waals surface area contributed by atoms with Crippen molar-refractivity contribution in [2.24, 2.45) is 0 Å². The van der Waals surface area contributed by atoms with Crippen molar-refractivity contribution in [3.63, 3.8) is 0 Å². The lowest BCUT2D eigenvalue weighted by atomic mass is 10.2. The largest absolute Gasteiger partial charge is 0.340 e. The first-order valence-electron chi connectivity index (χ1n) is 10.4. The molecule has 0 saturated carbocycles. The summed E-state index contributed by atoms with van der Waals surface area (Å²) in [5.41, 5.74) is 2.12. The smallest absolute Gasteiger partial charge is 0.142 e. The normalized spacial score (nSPS) is 15.5. The molecular weight excluding hydrogens is 456 g/mol. The highest BCUT2D eigenvalue weighted by Crippen LogP contribution is 2.36. The topological polar surface area (TPSA) is 49.8 Å². The zero-order valence-corrected chi connectivity index (χ0v) is 19.9. The van der Waals surface area contributed by atoms with Crippen molar-refractivity contribution in [1.82, 2.24) is 15.3 Å². The summed E-state index contributed by atoms with van der Waals surface area (Å²) in [7, 11) is 0. The average Bonchev–Trinajstić information content (AvgIpc) is 3.44. The van der Waals surface area contributed by atoms with Crippen LogP contribution in [0.5, 0.6) is 0 Å². The van der Waals surface area contributed by atoms with Gasteiger partial charge in [0.25, 0.3) is 0 Å². The van der Waals surface area contributed by atoms with Crippen LogP contribution < -0.4 is 10.6 Å². The van der Waals surface area contributed by atoms with E-state index in [4.69, 9.17) is 11.6 Å². The Bertz CT molecular complexity index is 1330. The molecule has 4 nitrogen and oxygen atoms in total. The molecule has 4 aromatic rings. The van der Waals surface area contributed by atoms with Crippen LogP contribution in [0.4, 0.5) is 11.5 Å². The maximum atomic E-state index is 6.60. The van der Waals surface area contributed by atoms with Gasteiger partial charge in [-0.15, -0.1) is 11.3 Å². The van der Waals surface area contributed by atoms with Gasteiger partial charge >= 0.3 is 0 Å². The van der Waals surface area contributed by atoms with Crippen molar-refractivity contribution >= 4 is 56.4 Å². The van der Waals surface area contributed by atoms with Crippen LogP contribution in [0.25, 0.3) is 10.2 Å². The van der Waals surface area contributed by atoms with E-state index in [1.54, 1.807) is 29.4 Å². The van der Waals surface area contributed by atoms with E-state index < -0.39 is 0 Å². The number of nitrogens with zero attached hydrogens (tertiary/aromatic N) is 2. The average molecular weight is 477 g/mol. The molecule has 7 heteroatoms. The van der Waals surface area contributed by atoms with Gasteiger partial charge in [-0.1, -0.05) is 52.9 Å². The number of fused-ring (bicyclic) bond motifs is 1. The number of thiophene rings is 1. The van der Waals surface area contributed by atoms with Crippen LogP contribution in [0.3, 0.4) is 0 Å². The molecule has 0 spiro atoms. The second-order valence-electron chi connectivity index (χ2n) is 7.66. The van der Waals surface area contributed by atoms with Gasteiger partial charge in [0.1, 0.15) is 17.0 Å². The van der Waals surface area contributed by atoms with E-state index in [9.17, 15) is 0 Å². The number of hydrogen-bond donors (Lipinski definition) is 2. The van der Waals surface area contributed by atoms with Crippen LogP contribution in [0, 0.1) is 18.8 Å². The van der Waals surface area contributed by atoms with Crippen molar-refractivity contribution in [1.29, 1.82) is 0 Å². The Morgan fingerprint density at radius 1 is 1.19 bits per heavy atom. The number of hydrogen-bond acceptors (Lipinski definition) is 6. The predicted molar refractivity (Wildman–Crippen MR) is 135 cm³/mol. The summed E-state index contributed by atoms with van der Waals surface area (Å²) in [5.74, 6) is 7.38. The first kappa shape index (κ1) is 21.3. The number of halogens is 1. The summed E-state index contributed by atoms with van der Waals surface area (Å²) in [5, 5.41) is 8.48. The van der Waals surface area contributed by atoms with E-state index in [1.165, 1.54) is 16.9 Å². The SMILES string of the molecule is Cc1cccc(Sc2ccc(Nc3ncnc4sc(C#C[C@H]5CCCN5)cc34)cc2Cl)c1. The van der Waals surface area contributed by atoms with Gasteiger partial charge in [-0.2, -0.15) is 0 Å². The minimum Gasteiger partial charge on any atom is -0.340 e. The third kappa shape index (κ3) is 4.92. The Morgan fingerprint density at radius 2 is 2.12 bits per heavy atom. The third-order valence-corrected chi connectivity index (χ3v) is 7.62. The quantitative estimate of drug-likeness (QED) is 0.323. The Labute approximate surface area is 200 Å². The highest BCUT2D eigenvalue weighted by atomic mass is 35.5. The van der Waals surface area contributed by atoms with E-state index in [2.05, 4.69) is 69.7 Å². The lowest BCUT2D eigenvalue weighted by Crippen LogP contribution is -2.18. The van der Waals surface area contributed by atoms with Crippen LogP contribution >= 0.6 is 34.7 Å². The van der Waals surface area contributed by atoms with Gasteiger partial charge in [-0.25, -0.2) is 9.97 Å². The van der Waals surface area contributed by atoms with E-state index in [-0.39, 0.29) is 0 Å². The Hall–Kier alpha value is -2.56. The molecule has 2 aromatic carbocycles. The second-order valence-corrected chi connectivity index (χ2v) is 10.2. The first-order valence-corrected chi connectivity index (χ1v) is 12.5. The summed E-state index contributed by atoms with van der Waals surface area (Å²) in [4.78, 5) is 13.0. The Morgan fingerprint density at radius 3 is 2.94 bits per heavy atom. The fourth-order valence-corrected chi connectivity index (χ4v) is 5.68. The molecule has 2 N–H and O–H groups in total. The van der Waals surface area contributed by atoms with Gasteiger partial charge in [0, 0.05) is 15.5 Å². The number of nitrogens with one attached hydrogen (secondary N) is 2. The minimum atomic E-state index is 0.294. The highest BCUT2D eigenvalue weighted by molar-refractivity contribution is 7.99. The molecule has 1 aliphatic heterocycles. The van der Waals surface area contributed by atoms with E-state index >= 15 is 0 Å². The maximum Gasteiger partial charge on any atom is 0.142 e. The fourth-order valence-electron chi connectivity index (χ4n) is 3.59. The van der Waals surface area contributed by atoms with Crippen molar-refractivity contribution in [2.45, 2.75) is 35.6 Å². The van der Waals surface area contributed by atoms with Crippen molar-refractivity contribution in [3.8, 4) is 11.8 Å². The summed E-state index contributed by atoms with van der Waals surface area (Å²) in [6.45, 7) is 3.14. The molecule has 1 aliphatic rings. The van der Waals surface area contributed by atoms with E-state index in [1.807, 2.05) is 18.2 Å². The molecule has 5 rings (SSSR count). The van der Waals surface area contributed by atoms with Crippen LogP contribution in [0.1, 0.15) is 23.3 Å². The summed E-state index contributed by atoms with van der Waals surface area (Å²) in [6.07, 6.45) is 3.89. The van der Waals surface area contributed by atoms with Gasteiger partial charge in [-0.3, -0.25) is 0 Å². The molecule has 160 valence electrons. The molecule has 3 heterocycles. The van der Waals surface area contributed by atoms with Gasteiger partial charge in [0.2, 0.25) is 0 Å². The number of aromatic nitrogens is 2. The van der Waals surface area contributed by atoms with Crippen molar-refractivity contribution in [2.75, 3.05) is 11.9 Å². The Balaban J connectivity index is 1.36. The number of benzene rings is 2. The van der Waals surface area contributed by atoms with Crippen molar-refractivity contribution < 1.29 is 0 Å². The maximum absolute atomic E-state index is 6.60. The third-order valence-electron chi connectivity index (χ3n) is 5.17. The number of anilines is 2. The highest BCUT2D eigenvalue weighted by Gasteiger charge is 2.12. The molecule has 1 fully saturated rings. The molecule has 0 radical (unpaired) electrons. The standard InChI is InChI=1S/C25H21ClN4S2/c1-16-4-2-6-19(12-16)31-23-10-8-18(13-22(23)26)30-24-21-14-20(32-25(21)29-15-28-24)9-7-17-5-3-11-27-17/h2,4,6,8,10,12-15,17,27H,3,5,11H2,1H3,(H,28,29,30)/t17-/m1/s1. The molecule has 1 atom stereocenters. The molecule has 1 saturated heterocycles. The van der Waals surface area contributed by atoms with Gasteiger partial charge < -0.3 is 10.6 Å². The zero-order valence-electron chi connectivity index (χ0n) is 17.5. The van der Waals surface area contributed by atoms with Crippen LogP contribution in [-0.4, -0.2) is 22.6 Å². The van der Waals surface area contributed by atoms with E-state index in [0.717, 1.165) is 44.5 Å². The first-order chi connectivity index (χ1) is 15.6. The van der Waals surface area contributed by atoms with E-state index in [0.29, 0.717) is 11.1 Å². The molecule has 0 bridgehead atoms. The zero-order chi connectivity index (χ0) is 21.9. The lowest BCUT2D eigenvalue weighted by molar-refractivity contribution is 0.749. The van der Waals surface area contributed by atoms with Crippen LogP contribution in [-0.2, 0) is 0 Å². The van der Waals surface area contributed by atoms with Gasteiger partial charge in [0.15, 0.2) is 0 Å².